The van der Waals surface area contributed by atoms with Gasteiger partial charge in [0.15, 0.2) is 0 Å². The summed E-state index contributed by atoms with van der Waals surface area (Å²) in [6.45, 7) is 4.22. The van der Waals surface area contributed by atoms with Crippen LogP contribution in [0.25, 0.3) is 0 Å². The van der Waals surface area contributed by atoms with Gasteiger partial charge in [-0.1, -0.05) is 0 Å². The summed E-state index contributed by atoms with van der Waals surface area (Å²) in [5.74, 6) is -0.195. The number of unbranched alkanes of at least 4 members (excludes halogenated alkanes) is 2. The van der Waals surface area contributed by atoms with E-state index in [1.54, 1.807) is 0 Å². The molecule has 0 aromatic carbocycles. The van der Waals surface area contributed by atoms with E-state index in [0.717, 1.165) is 67.8 Å². The van der Waals surface area contributed by atoms with Crippen molar-refractivity contribution in [2.24, 2.45) is 0 Å². The van der Waals surface area contributed by atoms with Gasteiger partial charge in [-0.15, -0.1) is 0 Å². The quantitative estimate of drug-likeness (QED) is 0.335. The fourth-order valence-corrected chi connectivity index (χ4v) is 2.99. The first-order valence-electron chi connectivity index (χ1n) is 7.12. The molecule has 2 unspecified atom stereocenters. The van der Waals surface area contributed by atoms with Gasteiger partial charge in [-0.2, -0.15) is 0 Å². The molecule has 1 aliphatic heterocycles. The average molecular weight is 374 g/mol. The number of hydrogen-bond donors (Lipinski definition) is 0. The van der Waals surface area contributed by atoms with Gasteiger partial charge in [0.25, 0.3) is 0 Å². The number of epoxide rings is 1. The van der Waals surface area contributed by atoms with E-state index in [1.807, 2.05) is 0 Å². The van der Waals surface area contributed by atoms with Crippen LogP contribution in [0.4, 0.5) is 0 Å². The summed E-state index contributed by atoms with van der Waals surface area (Å²) >= 11 is 0.766. The van der Waals surface area contributed by atoms with E-state index in [1.165, 1.54) is 0 Å². The van der Waals surface area contributed by atoms with Crippen molar-refractivity contribution in [1.29, 1.82) is 0 Å². The molecule has 0 spiro atoms. The van der Waals surface area contributed by atoms with Crippen molar-refractivity contribution in [1.82, 2.24) is 0 Å². The van der Waals surface area contributed by atoms with Crippen molar-refractivity contribution >= 4 is 35.2 Å². The predicted molar refractivity (Wildman–Crippen MR) is 72.7 cm³/mol. The van der Waals surface area contributed by atoms with Crippen molar-refractivity contribution in [3.05, 3.63) is 0 Å². The Morgan fingerprint density at radius 1 is 1.21 bits per heavy atom. The van der Waals surface area contributed by atoms with Gasteiger partial charge in [0.2, 0.25) is 0 Å². The molecule has 1 aliphatic rings. The molecule has 1 rings (SSSR count). The summed E-state index contributed by atoms with van der Waals surface area (Å²) in [7, 11) is 0. The van der Waals surface area contributed by atoms with Crippen LogP contribution in [0.15, 0.2) is 0 Å². The van der Waals surface area contributed by atoms with E-state index in [9.17, 15) is 9.59 Å². The average Bonchev–Trinajstić information content (AvgIpc) is 3.09. The maximum atomic E-state index is 11.5. The zero-order valence-corrected chi connectivity index (χ0v) is 14.7. The fourth-order valence-electron chi connectivity index (χ4n) is 2.70. The van der Waals surface area contributed by atoms with Crippen LogP contribution < -0.4 is 0 Å². The minimum atomic E-state index is -0.639. The number of ether oxygens (including phenoxy) is 1. The molecule has 2 atom stereocenters. The minimum absolute atomic E-state index is 0.195. The monoisotopic (exact) mass is 375 g/mol. The maximum absolute atomic E-state index is 11.5. The van der Waals surface area contributed by atoms with Crippen LogP contribution in [-0.2, 0) is 17.4 Å². The van der Waals surface area contributed by atoms with Gasteiger partial charge >= 0.3 is 129 Å². The molecule has 19 heavy (non-hydrogen) atoms. The second-order valence-corrected chi connectivity index (χ2v) is 5.87. The summed E-state index contributed by atoms with van der Waals surface area (Å²) in [6, 6.07) is 0. The summed E-state index contributed by atoms with van der Waals surface area (Å²) in [5, 5.41) is 0. The third-order valence-corrected chi connectivity index (χ3v) is 4.63. The van der Waals surface area contributed by atoms with E-state index in [0.29, 0.717) is 12.8 Å². The molecule has 0 bridgehead atoms. The topological polar surface area (TPSA) is 55.9 Å². The van der Waals surface area contributed by atoms with Crippen LogP contribution >= 0.6 is 0 Å². The van der Waals surface area contributed by atoms with Crippen LogP contribution in [-0.4, -0.2) is 46.4 Å². The summed E-state index contributed by atoms with van der Waals surface area (Å²) < 4.78 is 10.6. The molecular weight excluding hydrogens is 351 g/mol. The molecule has 107 valence electrons. The van der Waals surface area contributed by atoms with Gasteiger partial charge in [-0.05, 0) is 0 Å². The normalized spacial score (nSPS) is 29.0. The molecular formula is C14H23O4Sn. The molecule has 0 aromatic rings. The molecule has 0 amide bonds. The summed E-state index contributed by atoms with van der Waals surface area (Å²) in [5.41, 5.74) is -1.05. The first-order chi connectivity index (χ1) is 9.09. The number of rotatable bonds is 10. The Labute approximate surface area is 129 Å². The van der Waals surface area contributed by atoms with Crippen molar-refractivity contribution in [3.8, 4) is 0 Å². The Bertz CT molecular complexity index is 321. The number of carbonyl (C=O) groups is 2. The van der Waals surface area contributed by atoms with Crippen molar-refractivity contribution in [2.75, 3.05) is 0 Å². The second kappa shape index (κ2) is 7.62. The zero-order valence-electron chi connectivity index (χ0n) is 11.9. The molecule has 5 heteroatoms. The predicted octanol–water partition coefficient (Wildman–Crippen LogP) is 2.48. The Hall–Kier alpha value is -0.101. The Balaban J connectivity index is 2.67. The summed E-state index contributed by atoms with van der Waals surface area (Å²) in [4.78, 5) is 22.8. The molecule has 3 radical (unpaired) electrons. The van der Waals surface area contributed by atoms with E-state index in [4.69, 9.17) is 7.81 Å². The molecule has 0 aliphatic carbocycles. The Kier molecular flexibility index (Phi) is 6.80. The first-order valence-corrected chi connectivity index (χ1v) is 8.29. The van der Waals surface area contributed by atoms with Gasteiger partial charge in [-0.3, -0.25) is 0 Å². The fraction of sp³-hybridized carbons (Fsp3) is 0.857. The van der Waals surface area contributed by atoms with Crippen molar-refractivity contribution in [2.45, 2.75) is 76.4 Å². The van der Waals surface area contributed by atoms with Crippen LogP contribution in [0.1, 0.15) is 65.2 Å². The van der Waals surface area contributed by atoms with Crippen molar-refractivity contribution in [3.63, 3.8) is 0 Å². The Morgan fingerprint density at radius 2 is 1.84 bits per heavy atom. The van der Waals surface area contributed by atoms with Crippen LogP contribution in [0.5, 0.6) is 0 Å². The molecule has 1 fully saturated rings. The molecule has 1 saturated heterocycles. The van der Waals surface area contributed by atoms with Gasteiger partial charge < -0.3 is 0 Å². The SMILES string of the molecule is CCCCC1(C=O)OC1(CCCC)CCC(=O)[O][Sn]. The summed E-state index contributed by atoms with van der Waals surface area (Å²) in [6.07, 6.45) is 7.64. The number of aldehydes is 1. The van der Waals surface area contributed by atoms with Crippen molar-refractivity contribution < 1.29 is 17.4 Å². The van der Waals surface area contributed by atoms with E-state index >= 15 is 0 Å². The molecule has 0 N–H and O–H groups in total. The molecule has 0 saturated carbocycles. The van der Waals surface area contributed by atoms with E-state index in [2.05, 4.69) is 13.8 Å². The van der Waals surface area contributed by atoms with Gasteiger partial charge in [-0.25, -0.2) is 0 Å². The zero-order chi connectivity index (χ0) is 14.4. The second-order valence-electron chi connectivity index (χ2n) is 5.28. The molecule has 4 nitrogen and oxygen atoms in total. The van der Waals surface area contributed by atoms with Crippen LogP contribution in [0, 0.1) is 0 Å². The van der Waals surface area contributed by atoms with Crippen LogP contribution in [0.2, 0.25) is 0 Å². The molecule has 1 heterocycles. The third kappa shape index (κ3) is 3.94. The number of carbonyl (C=O) groups excluding carboxylic acids is 2. The third-order valence-electron chi connectivity index (χ3n) is 3.98. The van der Waals surface area contributed by atoms with Crippen LogP contribution in [0.3, 0.4) is 0 Å². The van der Waals surface area contributed by atoms with Gasteiger partial charge in [0.1, 0.15) is 0 Å². The first kappa shape index (κ1) is 17.0. The van der Waals surface area contributed by atoms with Gasteiger partial charge in [0.05, 0.1) is 0 Å². The van der Waals surface area contributed by atoms with E-state index < -0.39 is 11.2 Å². The molecule has 0 aromatic heterocycles. The number of hydrogen-bond acceptors (Lipinski definition) is 4. The van der Waals surface area contributed by atoms with Gasteiger partial charge in [0, 0.05) is 0 Å². The van der Waals surface area contributed by atoms with E-state index in [-0.39, 0.29) is 5.97 Å². The standard InChI is InChI=1S/C14H24O4.Sn/c1-3-5-8-13(10-7-12(16)17)14(11-15,18-13)9-6-4-2;/h11H,3-10H2,1-2H3,(H,16,17);/q;+1/p-1. The Morgan fingerprint density at radius 3 is 2.37 bits per heavy atom.